The summed E-state index contributed by atoms with van der Waals surface area (Å²) in [5.41, 5.74) is 0. The lowest BCUT2D eigenvalue weighted by atomic mass is 10.4. The van der Waals surface area contributed by atoms with Gasteiger partial charge in [-0.2, -0.15) is 13.2 Å². The van der Waals surface area contributed by atoms with Crippen LogP contribution >= 0.6 is 11.8 Å². The minimum absolute atomic E-state index is 0.0212. The van der Waals surface area contributed by atoms with Crippen molar-refractivity contribution in [3.8, 4) is 0 Å². The molecule has 6 nitrogen and oxygen atoms in total. The molecule has 0 fully saturated rings. The van der Waals surface area contributed by atoms with Crippen molar-refractivity contribution in [2.75, 3.05) is 5.75 Å². The van der Waals surface area contributed by atoms with Crippen molar-refractivity contribution >= 4 is 17.7 Å². The first-order valence-electron chi connectivity index (χ1n) is 4.78. The van der Waals surface area contributed by atoms with Crippen molar-refractivity contribution < 1.29 is 28.2 Å². The lowest BCUT2D eigenvalue weighted by Gasteiger charge is -2.10. The molecule has 0 atom stereocenters. The molecule has 1 aromatic heterocycles. The summed E-state index contributed by atoms with van der Waals surface area (Å²) < 4.78 is 37.4. The van der Waals surface area contributed by atoms with E-state index in [4.69, 9.17) is 10.2 Å². The number of carboxylic acid groups (broad SMARTS) is 1. The normalized spacial score (nSPS) is 11.8. The maximum Gasteiger partial charge on any atom is 0.390 e. The Labute approximate surface area is 104 Å². The maximum absolute atomic E-state index is 12.1. The highest BCUT2D eigenvalue weighted by atomic mass is 32.2. The number of aromatic nitrogens is 3. The van der Waals surface area contributed by atoms with Gasteiger partial charge in [0, 0.05) is 6.54 Å². The second kappa shape index (κ2) is 6.05. The molecule has 0 radical (unpaired) electrons. The standard InChI is InChI=1S/C8H10F3N3O3S/c9-8(10,11)1-2-14-5(3-15)12-13-7(14)18-4-6(16)17/h15H,1-4H2,(H,16,17). The molecule has 0 saturated heterocycles. The fourth-order valence-electron chi connectivity index (χ4n) is 1.13. The van der Waals surface area contributed by atoms with Crippen molar-refractivity contribution in [1.82, 2.24) is 14.8 Å². The number of hydrogen-bond acceptors (Lipinski definition) is 5. The predicted molar refractivity (Wildman–Crippen MR) is 55.0 cm³/mol. The Morgan fingerprint density at radius 1 is 1.39 bits per heavy atom. The van der Waals surface area contributed by atoms with Crippen LogP contribution in [-0.4, -0.2) is 42.9 Å². The monoisotopic (exact) mass is 285 g/mol. The second-order valence-corrected chi connectivity index (χ2v) is 4.20. The van der Waals surface area contributed by atoms with E-state index in [0.717, 1.165) is 16.3 Å². The third-order valence-corrected chi connectivity index (χ3v) is 2.83. The summed E-state index contributed by atoms with van der Waals surface area (Å²) in [6.45, 7) is -1.01. The Balaban J connectivity index is 2.78. The first kappa shape index (κ1) is 14.8. The number of nitrogens with zero attached hydrogens (tertiary/aromatic N) is 3. The van der Waals surface area contributed by atoms with E-state index in [-0.39, 0.29) is 16.7 Å². The average Bonchev–Trinajstić information content (AvgIpc) is 2.64. The highest BCUT2D eigenvalue weighted by Crippen LogP contribution is 2.23. The fraction of sp³-hybridized carbons (Fsp3) is 0.625. The number of carbonyl (C=O) groups is 1. The number of thioether (sulfide) groups is 1. The van der Waals surface area contributed by atoms with Gasteiger partial charge in [0.05, 0.1) is 12.2 Å². The van der Waals surface area contributed by atoms with E-state index in [1.54, 1.807) is 0 Å². The Hall–Kier alpha value is -1.29. The zero-order chi connectivity index (χ0) is 13.8. The number of aliphatic carboxylic acids is 1. The summed E-state index contributed by atoms with van der Waals surface area (Å²) in [7, 11) is 0. The molecule has 0 spiro atoms. The minimum atomic E-state index is -4.34. The molecule has 10 heteroatoms. The third-order valence-electron chi connectivity index (χ3n) is 1.88. The van der Waals surface area contributed by atoms with E-state index < -0.39 is 31.7 Å². The molecule has 1 aromatic rings. The van der Waals surface area contributed by atoms with Crippen LogP contribution in [0.25, 0.3) is 0 Å². The topological polar surface area (TPSA) is 88.2 Å². The van der Waals surface area contributed by atoms with E-state index in [1.165, 1.54) is 0 Å². The van der Waals surface area contributed by atoms with Gasteiger partial charge in [-0.3, -0.25) is 4.79 Å². The van der Waals surface area contributed by atoms with Gasteiger partial charge in [0.15, 0.2) is 11.0 Å². The zero-order valence-electron chi connectivity index (χ0n) is 9.01. The second-order valence-electron chi connectivity index (χ2n) is 3.26. The number of rotatable bonds is 6. The summed E-state index contributed by atoms with van der Waals surface area (Å²) >= 11 is 0.753. The summed E-state index contributed by atoms with van der Waals surface area (Å²) in [5, 5.41) is 24.5. The van der Waals surface area contributed by atoms with E-state index >= 15 is 0 Å². The molecule has 102 valence electrons. The van der Waals surface area contributed by atoms with Crippen LogP contribution in [0.3, 0.4) is 0 Å². The molecular formula is C8H10F3N3O3S. The van der Waals surface area contributed by atoms with E-state index in [2.05, 4.69) is 10.2 Å². The van der Waals surface area contributed by atoms with E-state index in [1.807, 2.05) is 0 Å². The van der Waals surface area contributed by atoms with Gasteiger partial charge in [0.1, 0.15) is 6.61 Å². The molecular weight excluding hydrogens is 275 g/mol. The van der Waals surface area contributed by atoms with Crippen LogP contribution in [0.4, 0.5) is 13.2 Å². The first-order chi connectivity index (χ1) is 8.33. The quantitative estimate of drug-likeness (QED) is 0.755. The molecule has 0 aliphatic carbocycles. The van der Waals surface area contributed by atoms with Gasteiger partial charge in [0.25, 0.3) is 0 Å². The summed E-state index contributed by atoms with van der Waals surface area (Å²) in [4.78, 5) is 10.4. The van der Waals surface area contributed by atoms with Crippen LogP contribution in [0.2, 0.25) is 0 Å². The van der Waals surface area contributed by atoms with Gasteiger partial charge >= 0.3 is 12.1 Å². The molecule has 0 saturated carbocycles. The predicted octanol–water partition coefficient (Wildman–Crippen LogP) is 0.899. The molecule has 0 amide bonds. The van der Waals surface area contributed by atoms with Crippen molar-refractivity contribution in [3.63, 3.8) is 0 Å². The Kier molecular flexibility index (Phi) is 4.96. The number of aliphatic hydroxyl groups is 1. The molecule has 0 aromatic carbocycles. The van der Waals surface area contributed by atoms with Crippen molar-refractivity contribution in [2.45, 2.75) is 30.9 Å². The number of aliphatic hydroxyl groups excluding tert-OH is 1. The van der Waals surface area contributed by atoms with Crippen LogP contribution in [0.1, 0.15) is 12.2 Å². The highest BCUT2D eigenvalue weighted by molar-refractivity contribution is 7.99. The number of alkyl halides is 3. The Bertz CT molecular complexity index is 421. The highest BCUT2D eigenvalue weighted by Gasteiger charge is 2.28. The SMILES string of the molecule is O=C(O)CSc1nnc(CO)n1CCC(F)(F)F. The number of carboxylic acids is 1. The average molecular weight is 285 g/mol. The van der Waals surface area contributed by atoms with Crippen LogP contribution in [0.5, 0.6) is 0 Å². The first-order valence-corrected chi connectivity index (χ1v) is 5.76. The molecule has 1 rings (SSSR count). The van der Waals surface area contributed by atoms with Crippen LogP contribution in [-0.2, 0) is 17.9 Å². The van der Waals surface area contributed by atoms with Gasteiger partial charge in [-0.25, -0.2) is 0 Å². The van der Waals surface area contributed by atoms with Crippen LogP contribution < -0.4 is 0 Å². The van der Waals surface area contributed by atoms with E-state index in [9.17, 15) is 18.0 Å². The molecule has 0 bridgehead atoms. The van der Waals surface area contributed by atoms with Crippen molar-refractivity contribution in [2.24, 2.45) is 0 Å². The minimum Gasteiger partial charge on any atom is -0.481 e. The largest absolute Gasteiger partial charge is 0.481 e. The maximum atomic E-state index is 12.1. The van der Waals surface area contributed by atoms with Gasteiger partial charge in [-0.15, -0.1) is 10.2 Å². The van der Waals surface area contributed by atoms with Crippen molar-refractivity contribution in [3.05, 3.63) is 5.82 Å². The Morgan fingerprint density at radius 2 is 2.06 bits per heavy atom. The number of hydrogen-bond donors (Lipinski definition) is 2. The molecule has 1 heterocycles. The molecule has 0 aliphatic rings. The summed E-state index contributed by atoms with van der Waals surface area (Å²) in [5.74, 6) is -1.47. The van der Waals surface area contributed by atoms with Gasteiger partial charge in [0.2, 0.25) is 0 Å². The molecule has 0 aliphatic heterocycles. The van der Waals surface area contributed by atoms with Crippen LogP contribution in [0.15, 0.2) is 5.16 Å². The van der Waals surface area contributed by atoms with Gasteiger partial charge in [-0.1, -0.05) is 11.8 Å². The molecule has 0 unspecified atom stereocenters. The number of halogens is 3. The van der Waals surface area contributed by atoms with Gasteiger partial charge in [-0.05, 0) is 0 Å². The smallest absolute Gasteiger partial charge is 0.390 e. The fourth-order valence-corrected chi connectivity index (χ4v) is 1.84. The Morgan fingerprint density at radius 3 is 2.56 bits per heavy atom. The van der Waals surface area contributed by atoms with Crippen molar-refractivity contribution in [1.29, 1.82) is 0 Å². The lowest BCUT2D eigenvalue weighted by Crippen LogP contribution is -2.15. The zero-order valence-corrected chi connectivity index (χ0v) is 9.83. The lowest BCUT2D eigenvalue weighted by molar-refractivity contribution is -0.137. The molecule has 18 heavy (non-hydrogen) atoms. The van der Waals surface area contributed by atoms with E-state index in [0.29, 0.717) is 0 Å². The van der Waals surface area contributed by atoms with Crippen LogP contribution in [0, 0.1) is 0 Å². The van der Waals surface area contributed by atoms with Gasteiger partial charge < -0.3 is 14.8 Å². The third kappa shape index (κ3) is 4.53. The summed E-state index contributed by atoms with van der Waals surface area (Å²) in [6, 6.07) is 0. The molecule has 2 N–H and O–H groups in total. The summed E-state index contributed by atoms with van der Waals surface area (Å²) in [6.07, 6.45) is -5.44.